The monoisotopic (exact) mass is 354 g/mol. The average molecular weight is 354 g/mol. The first-order chi connectivity index (χ1) is 12.1. The lowest BCUT2D eigenvalue weighted by atomic mass is 10.1. The molecule has 0 radical (unpaired) electrons. The molecule has 0 fully saturated rings. The lowest BCUT2D eigenvalue weighted by Gasteiger charge is -2.13. The highest BCUT2D eigenvalue weighted by molar-refractivity contribution is 7.16. The van der Waals surface area contributed by atoms with Crippen LogP contribution >= 0.6 is 11.3 Å². The first-order valence-electron chi connectivity index (χ1n) is 8.25. The number of carbonyl (C=O) groups excluding carboxylic acids is 1. The van der Waals surface area contributed by atoms with Crippen molar-refractivity contribution in [1.29, 1.82) is 0 Å². The van der Waals surface area contributed by atoms with Crippen molar-refractivity contribution in [3.8, 4) is 11.5 Å². The standard InChI is InChI=1S/C19H18N2O3S/c1-3-23-17-7-13-6-11(2)24-16(13)9-15(17)21-19(22)12-4-5-14-18(8-12)25-10-20-14/h4-5,7-11H,3,6H2,1-2H3,(H,21,22)/t11-/m1/s1. The van der Waals surface area contributed by atoms with Gasteiger partial charge in [-0.1, -0.05) is 0 Å². The second-order valence-electron chi connectivity index (χ2n) is 6.01. The van der Waals surface area contributed by atoms with Crippen LogP contribution in [0.25, 0.3) is 10.2 Å². The first kappa shape index (κ1) is 15.9. The Balaban J connectivity index is 1.64. The number of anilines is 1. The summed E-state index contributed by atoms with van der Waals surface area (Å²) in [7, 11) is 0. The Hall–Kier alpha value is -2.60. The molecule has 2 aromatic carbocycles. The number of aromatic nitrogens is 1. The van der Waals surface area contributed by atoms with Gasteiger partial charge in [-0.3, -0.25) is 4.79 Å². The second kappa shape index (κ2) is 6.37. The average Bonchev–Trinajstić information content (AvgIpc) is 3.19. The third-order valence-corrected chi connectivity index (χ3v) is 4.93. The summed E-state index contributed by atoms with van der Waals surface area (Å²) >= 11 is 1.52. The smallest absolute Gasteiger partial charge is 0.255 e. The van der Waals surface area contributed by atoms with E-state index in [-0.39, 0.29) is 12.0 Å². The van der Waals surface area contributed by atoms with Crippen molar-refractivity contribution in [3.05, 3.63) is 47.0 Å². The minimum absolute atomic E-state index is 0.143. The molecular weight excluding hydrogens is 336 g/mol. The fourth-order valence-corrected chi connectivity index (χ4v) is 3.72. The molecule has 1 aromatic heterocycles. The van der Waals surface area contributed by atoms with Gasteiger partial charge in [0.2, 0.25) is 0 Å². The molecule has 1 aliphatic rings. The van der Waals surface area contributed by atoms with Gasteiger partial charge in [0, 0.05) is 23.6 Å². The van der Waals surface area contributed by atoms with Crippen LogP contribution in [0.3, 0.4) is 0 Å². The molecule has 0 spiro atoms. The maximum atomic E-state index is 12.7. The predicted octanol–water partition coefficient (Wildman–Crippen LogP) is 4.27. The number of thiazole rings is 1. The number of rotatable bonds is 4. The highest BCUT2D eigenvalue weighted by Gasteiger charge is 2.23. The van der Waals surface area contributed by atoms with Gasteiger partial charge in [-0.15, -0.1) is 11.3 Å². The molecule has 1 aliphatic heterocycles. The van der Waals surface area contributed by atoms with Gasteiger partial charge >= 0.3 is 0 Å². The summed E-state index contributed by atoms with van der Waals surface area (Å²) < 4.78 is 12.5. The van der Waals surface area contributed by atoms with Crippen molar-refractivity contribution in [3.63, 3.8) is 0 Å². The second-order valence-corrected chi connectivity index (χ2v) is 6.90. The summed E-state index contributed by atoms with van der Waals surface area (Å²) in [6, 6.07) is 9.31. The van der Waals surface area contributed by atoms with Crippen LogP contribution < -0.4 is 14.8 Å². The lowest BCUT2D eigenvalue weighted by Crippen LogP contribution is -2.13. The van der Waals surface area contributed by atoms with Gasteiger partial charge in [-0.2, -0.15) is 0 Å². The molecule has 1 N–H and O–H groups in total. The molecule has 0 saturated carbocycles. The van der Waals surface area contributed by atoms with Crippen molar-refractivity contribution in [1.82, 2.24) is 4.98 Å². The van der Waals surface area contributed by atoms with Gasteiger partial charge in [0.15, 0.2) is 0 Å². The van der Waals surface area contributed by atoms with E-state index in [1.165, 1.54) is 11.3 Å². The third-order valence-electron chi connectivity index (χ3n) is 4.14. The molecular formula is C19H18N2O3S. The quantitative estimate of drug-likeness (QED) is 0.760. The van der Waals surface area contributed by atoms with Crippen molar-refractivity contribution in [2.45, 2.75) is 26.4 Å². The largest absolute Gasteiger partial charge is 0.492 e. The molecule has 5 nitrogen and oxygen atoms in total. The third kappa shape index (κ3) is 3.05. The molecule has 0 unspecified atom stereocenters. The summed E-state index contributed by atoms with van der Waals surface area (Å²) in [5, 5.41) is 2.95. The Morgan fingerprint density at radius 1 is 1.40 bits per heavy atom. The Kier molecular flexibility index (Phi) is 4.05. The molecule has 4 rings (SSSR count). The molecule has 0 bridgehead atoms. The highest BCUT2D eigenvalue weighted by atomic mass is 32.1. The SMILES string of the molecule is CCOc1cc2c(cc1NC(=O)c1ccc3ncsc3c1)O[C@H](C)C2. The summed E-state index contributed by atoms with van der Waals surface area (Å²) in [5.74, 6) is 1.30. The number of nitrogens with zero attached hydrogens (tertiary/aromatic N) is 1. The van der Waals surface area contributed by atoms with Crippen LogP contribution in [0.1, 0.15) is 29.8 Å². The number of amides is 1. The minimum Gasteiger partial charge on any atom is -0.492 e. The van der Waals surface area contributed by atoms with Crippen LogP contribution in [-0.2, 0) is 6.42 Å². The van der Waals surface area contributed by atoms with E-state index in [4.69, 9.17) is 9.47 Å². The number of fused-ring (bicyclic) bond motifs is 2. The number of hydrogen-bond donors (Lipinski definition) is 1. The van der Waals surface area contributed by atoms with Gasteiger partial charge in [-0.25, -0.2) is 4.98 Å². The fourth-order valence-electron chi connectivity index (χ4n) is 3.00. The van der Waals surface area contributed by atoms with E-state index in [0.717, 1.165) is 28.0 Å². The van der Waals surface area contributed by atoms with E-state index in [2.05, 4.69) is 10.3 Å². The van der Waals surface area contributed by atoms with Crippen LogP contribution in [0.5, 0.6) is 11.5 Å². The van der Waals surface area contributed by atoms with Crippen LogP contribution in [0.15, 0.2) is 35.8 Å². The number of ether oxygens (including phenoxy) is 2. The van der Waals surface area contributed by atoms with E-state index in [9.17, 15) is 4.79 Å². The lowest BCUT2D eigenvalue weighted by molar-refractivity contribution is 0.102. The number of benzene rings is 2. The molecule has 0 saturated heterocycles. The van der Waals surface area contributed by atoms with E-state index in [1.54, 1.807) is 11.6 Å². The molecule has 0 aliphatic carbocycles. The van der Waals surface area contributed by atoms with Crippen LogP contribution in [0, 0.1) is 0 Å². The Morgan fingerprint density at radius 3 is 3.12 bits per heavy atom. The summed E-state index contributed by atoms with van der Waals surface area (Å²) in [6.45, 7) is 4.49. The zero-order valence-corrected chi connectivity index (χ0v) is 14.9. The first-order valence-corrected chi connectivity index (χ1v) is 9.13. The normalized spacial score (nSPS) is 15.7. The van der Waals surface area contributed by atoms with Crippen molar-refractivity contribution in [2.24, 2.45) is 0 Å². The predicted molar refractivity (Wildman–Crippen MR) is 99.0 cm³/mol. The van der Waals surface area contributed by atoms with E-state index in [0.29, 0.717) is 23.6 Å². The Bertz CT molecular complexity index is 951. The van der Waals surface area contributed by atoms with Crippen molar-refractivity contribution < 1.29 is 14.3 Å². The van der Waals surface area contributed by atoms with Gasteiger partial charge in [0.05, 0.1) is 28.0 Å². The molecule has 2 heterocycles. The van der Waals surface area contributed by atoms with E-state index >= 15 is 0 Å². The van der Waals surface area contributed by atoms with Gasteiger partial charge in [0.1, 0.15) is 17.6 Å². The summed E-state index contributed by atoms with van der Waals surface area (Å²) in [5.41, 5.74) is 5.01. The highest BCUT2D eigenvalue weighted by Crippen LogP contribution is 2.38. The fraction of sp³-hybridized carbons (Fsp3) is 0.263. The number of hydrogen-bond acceptors (Lipinski definition) is 5. The van der Waals surface area contributed by atoms with Crippen LogP contribution in [-0.4, -0.2) is 23.6 Å². The van der Waals surface area contributed by atoms with E-state index in [1.807, 2.05) is 38.1 Å². The number of carbonyl (C=O) groups is 1. The molecule has 3 aromatic rings. The summed E-state index contributed by atoms with van der Waals surface area (Å²) in [4.78, 5) is 16.9. The van der Waals surface area contributed by atoms with Crippen molar-refractivity contribution in [2.75, 3.05) is 11.9 Å². The number of nitrogens with one attached hydrogen (secondary N) is 1. The zero-order chi connectivity index (χ0) is 17.4. The van der Waals surface area contributed by atoms with Gasteiger partial charge in [-0.05, 0) is 38.1 Å². The van der Waals surface area contributed by atoms with E-state index < -0.39 is 0 Å². The Labute approximate surface area is 149 Å². The van der Waals surface area contributed by atoms with Gasteiger partial charge < -0.3 is 14.8 Å². The van der Waals surface area contributed by atoms with Crippen LogP contribution in [0.2, 0.25) is 0 Å². The van der Waals surface area contributed by atoms with Crippen molar-refractivity contribution >= 4 is 33.1 Å². The van der Waals surface area contributed by atoms with Gasteiger partial charge in [0.25, 0.3) is 5.91 Å². The molecule has 6 heteroatoms. The molecule has 1 atom stereocenters. The summed E-state index contributed by atoms with van der Waals surface area (Å²) in [6.07, 6.45) is 0.996. The maximum Gasteiger partial charge on any atom is 0.255 e. The van der Waals surface area contributed by atoms with Crippen LogP contribution in [0.4, 0.5) is 5.69 Å². The maximum absolute atomic E-state index is 12.7. The molecule has 1 amide bonds. The topological polar surface area (TPSA) is 60.5 Å². The molecule has 128 valence electrons. The minimum atomic E-state index is -0.178. The Morgan fingerprint density at radius 2 is 2.28 bits per heavy atom. The molecule has 25 heavy (non-hydrogen) atoms. The zero-order valence-electron chi connectivity index (χ0n) is 14.0.